The Labute approximate surface area is 237 Å². The minimum atomic E-state index is -4.71. The van der Waals surface area contributed by atoms with Gasteiger partial charge in [0.25, 0.3) is 22.2 Å². The summed E-state index contributed by atoms with van der Waals surface area (Å²) < 4.78 is 73.7. The van der Waals surface area contributed by atoms with Crippen LogP contribution in [0.5, 0.6) is 0 Å². The minimum Gasteiger partial charge on any atom is -0.569 e. The number of halogens is 3. The van der Waals surface area contributed by atoms with Crippen LogP contribution in [0.4, 0.5) is 13.2 Å². The first-order valence-corrected chi connectivity index (χ1v) is 13.8. The van der Waals surface area contributed by atoms with Crippen molar-refractivity contribution in [2.75, 3.05) is 6.54 Å². The fourth-order valence-corrected chi connectivity index (χ4v) is 4.94. The second kappa shape index (κ2) is 11.7. The van der Waals surface area contributed by atoms with Crippen LogP contribution in [-0.4, -0.2) is 58.9 Å². The fraction of sp³-hybridized carbons (Fsp3) is 0.320. The number of sulfonamides is 1. The van der Waals surface area contributed by atoms with Crippen molar-refractivity contribution in [3.63, 3.8) is 0 Å². The molecule has 0 radical (unpaired) electrons. The molecule has 1 amide bonds. The fourth-order valence-electron chi connectivity index (χ4n) is 3.93. The van der Waals surface area contributed by atoms with Crippen molar-refractivity contribution in [2.45, 2.75) is 50.6 Å². The minimum absolute atomic E-state index is 0.0555. The monoisotopic (exact) mass is 610 g/mol. The number of hydrogen-bond acceptors (Lipinski definition) is 9. The molecule has 13 nitrogen and oxygen atoms in total. The molecular weight excluding hydrogens is 585 g/mol. The summed E-state index contributed by atoms with van der Waals surface area (Å²) in [5.74, 6) is -1.69. The van der Waals surface area contributed by atoms with Crippen molar-refractivity contribution in [1.29, 1.82) is 0 Å². The molecule has 4 rings (SSSR count). The van der Waals surface area contributed by atoms with Gasteiger partial charge in [0.15, 0.2) is 11.7 Å². The maximum Gasteiger partial charge on any atom is 0.435 e. The third-order valence-electron chi connectivity index (χ3n) is 6.08. The Balaban J connectivity index is 1.50. The number of alkyl halides is 3. The van der Waals surface area contributed by atoms with Crippen LogP contribution in [-0.2, 0) is 35.4 Å². The van der Waals surface area contributed by atoms with Crippen LogP contribution in [0, 0.1) is 12.1 Å². The van der Waals surface area contributed by atoms with Gasteiger partial charge in [-0.2, -0.15) is 18.3 Å². The van der Waals surface area contributed by atoms with Gasteiger partial charge < -0.3 is 9.94 Å². The predicted molar refractivity (Wildman–Crippen MR) is 138 cm³/mol. The summed E-state index contributed by atoms with van der Waals surface area (Å²) in [4.78, 5) is 27.9. The summed E-state index contributed by atoms with van der Waals surface area (Å²) in [5, 5.41) is 19.9. The van der Waals surface area contributed by atoms with E-state index >= 15 is 0 Å². The van der Waals surface area contributed by atoms with Crippen molar-refractivity contribution in [2.24, 2.45) is 5.28 Å². The molecule has 2 heterocycles. The van der Waals surface area contributed by atoms with E-state index in [1.807, 2.05) is 11.6 Å². The van der Waals surface area contributed by atoms with Crippen LogP contribution in [0.1, 0.15) is 31.5 Å². The lowest BCUT2D eigenvalue weighted by Crippen LogP contribution is -2.59. The zero-order valence-electron chi connectivity index (χ0n) is 22.4. The first kappa shape index (κ1) is 30.3. The number of nitrogens with zero attached hydrogens (tertiary/aromatic N) is 5. The van der Waals surface area contributed by atoms with E-state index in [0.29, 0.717) is 5.56 Å². The van der Waals surface area contributed by atoms with Gasteiger partial charge in [0, 0.05) is 25.8 Å². The average molecular weight is 611 g/mol. The standard InChI is InChI=1S/C25H25F3N6O7S/c1-15-4-6-18(7-5-15)22-14-23(25(26,27)28)29-33(22)19-8-10-20(11-9-19)42(38,39)30-24(36)21-12-13-32(21)34(37)31-41-17(3)40-16(2)35/h4-11,14,17,21H,12-13H2,1-3H3,(H,30,36)/t17?,21-/m0/s1. The number of hydrazine groups is 1. The van der Waals surface area contributed by atoms with Gasteiger partial charge >= 0.3 is 12.1 Å². The van der Waals surface area contributed by atoms with Gasteiger partial charge in [0.2, 0.25) is 5.28 Å². The summed E-state index contributed by atoms with van der Waals surface area (Å²) >= 11 is 0. The molecule has 17 heteroatoms. The number of ether oxygens (including phenoxy) is 1. The Morgan fingerprint density at radius 2 is 1.81 bits per heavy atom. The van der Waals surface area contributed by atoms with Gasteiger partial charge in [-0.3, -0.25) is 14.4 Å². The topological polar surface area (TPSA) is 158 Å². The molecule has 1 aromatic heterocycles. The summed E-state index contributed by atoms with van der Waals surface area (Å²) in [7, 11) is -4.43. The van der Waals surface area contributed by atoms with Crippen molar-refractivity contribution in [3.8, 4) is 16.9 Å². The lowest BCUT2D eigenvalue weighted by Gasteiger charge is -2.34. The predicted octanol–water partition coefficient (Wildman–Crippen LogP) is 3.46. The smallest absolute Gasteiger partial charge is 0.435 e. The quantitative estimate of drug-likeness (QED) is 0.126. The zero-order chi connectivity index (χ0) is 30.8. The number of aromatic nitrogens is 2. The lowest BCUT2D eigenvalue weighted by molar-refractivity contribution is -0.730. The average Bonchev–Trinajstić information content (AvgIpc) is 3.33. The largest absolute Gasteiger partial charge is 0.569 e. The van der Waals surface area contributed by atoms with Gasteiger partial charge in [-0.1, -0.05) is 29.8 Å². The van der Waals surface area contributed by atoms with Crippen LogP contribution in [0.15, 0.2) is 64.8 Å². The summed E-state index contributed by atoms with van der Waals surface area (Å²) in [6.45, 7) is 4.33. The molecule has 1 saturated heterocycles. The molecule has 1 N–H and O–H groups in total. The van der Waals surface area contributed by atoms with Crippen LogP contribution in [0.3, 0.4) is 0 Å². The van der Waals surface area contributed by atoms with Gasteiger partial charge in [0.1, 0.15) is 0 Å². The highest BCUT2D eigenvalue weighted by Gasteiger charge is 2.42. The molecule has 1 aliphatic heterocycles. The van der Waals surface area contributed by atoms with Gasteiger partial charge in [-0.05, 0) is 37.3 Å². The first-order chi connectivity index (χ1) is 19.7. The molecule has 0 saturated carbocycles. The maximum atomic E-state index is 13.5. The highest BCUT2D eigenvalue weighted by molar-refractivity contribution is 7.90. The van der Waals surface area contributed by atoms with E-state index in [9.17, 15) is 36.4 Å². The number of hydrogen-bond donors (Lipinski definition) is 1. The van der Waals surface area contributed by atoms with E-state index in [2.05, 4.69) is 15.1 Å². The Bertz CT molecular complexity index is 1610. The van der Waals surface area contributed by atoms with Crippen LogP contribution >= 0.6 is 0 Å². The number of carbonyl (C=O) groups is 2. The van der Waals surface area contributed by atoms with E-state index in [1.54, 1.807) is 24.3 Å². The number of amides is 1. The number of carbonyl (C=O) groups excluding carboxylic acids is 2. The second-order valence-corrected chi connectivity index (χ2v) is 10.9. The SMILES string of the molecule is CC(=O)OC(C)ON=[N+]([O-])N1CC[C@H]1C(=O)NS(=O)(=O)c1ccc(-n2nc(C(F)(F)F)cc2-c2ccc(C)cc2)cc1. The Morgan fingerprint density at radius 3 is 2.36 bits per heavy atom. The maximum absolute atomic E-state index is 13.5. The van der Waals surface area contributed by atoms with E-state index in [-0.39, 0.29) is 34.2 Å². The first-order valence-electron chi connectivity index (χ1n) is 12.3. The van der Waals surface area contributed by atoms with Crippen molar-refractivity contribution in [1.82, 2.24) is 19.5 Å². The molecule has 2 aromatic carbocycles. The molecule has 224 valence electrons. The second-order valence-electron chi connectivity index (χ2n) is 9.24. The molecule has 1 unspecified atom stereocenters. The van der Waals surface area contributed by atoms with Crippen molar-refractivity contribution in [3.05, 3.63) is 71.1 Å². The molecular formula is C25H25F3N6O7S. The number of nitrogens with one attached hydrogen (secondary N) is 1. The molecule has 2 atom stereocenters. The molecule has 1 aliphatic rings. The third-order valence-corrected chi connectivity index (χ3v) is 7.45. The van der Waals surface area contributed by atoms with Crippen molar-refractivity contribution < 1.29 is 45.7 Å². The van der Waals surface area contributed by atoms with E-state index in [0.717, 1.165) is 40.4 Å². The summed E-state index contributed by atoms with van der Waals surface area (Å²) in [6, 6.07) is 11.2. The molecule has 42 heavy (non-hydrogen) atoms. The lowest BCUT2D eigenvalue weighted by atomic mass is 10.1. The molecule has 0 bridgehead atoms. The highest BCUT2D eigenvalue weighted by Crippen LogP contribution is 2.33. The highest BCUT2D eigenvalue weighted by atomic mass is 32.2. The van der Waals surface area contributed by atoms with Crippen LogP contribution < -0.4 is 4.72 Å². The molecule has 0 aliphatic carbocycles. The number of aryl methyl sites for hydroxylation is 1. The molecule has 3 aromatic rings. The molecule has 1 fully saturated rings. The van der Waals surface area contributed by atoms with E-state index < -0.39 is 46.1 Å². The number of benzene rings is 2. The summed E-state index contributed by atoms with van der Waals surface area (Å²) in [6.07, 6.45) is -5.75. The van der Waals surface area contributed by atoms with Gasteiger partial charge in [-0.15, -0.1) is 5.01 Å². The van der Waals surface area contributed by atoms with Crippen LogP contribution in [0.2, 0.25) is 0 Å². The number of rotatable bonds is 9. The summed E-state index contributed by atoms with van der Waals surface area (Å²) in [5.41, 5.74) is 0.515. The Hall–Kier alpha value is -4.67. The zero-order valence-corrected chi connectivity index (χ0v) is 23.2. The normalized spacial score (nSPS) is 16.4. The molecule has 0 spiro atoms. The van der Waals surface area contributed by atoms with Crippen LogP contribution in [0.25, 0.3) is 16.9 Å². The third kappa shape index (κ3) is 6.79. The van der Waals surface area contributed by atoms with E-state index in [4.69, 9.17) is 4.84 Å². The Kier molecular flexibility index (Phi) is 8.42. The number of esters is 1. The van der Waals surface area contributed by atoms with E-state index in [1.165, 1.54) is 19.1 Å². The Morgan fingerprint density at radius 1 is 1.17 bits per heavy atom. The van der Waals surface area contributed by atoms with Gasteiger partial charge in [0.05, 0.1) is 27.8 Å². The van der Waals surface area contributed by atoms with Gasteiger partial charge in [-0.25, -0.2) is 17.8 Å². The van der Waals surface area contributed by atoms with Crippen molar-refractivity contribution >= 4 is 21.9 Å².